The number of hydrogen-bond donors (Lipinski definition) is 1. The van der Waals surface area contributed by atoms with Gasteiger partial charge in [-0.15, -0.1) is 11.3 Å². The predicted molar refractivity (Wildman–Crippen MR) is 107 cm³/mol. The highest BCUT2D eigenvalue weighted by atomic mass is 32.3. The van der Waals surface area contributed by atoms with Crippen molar-refractivity contribution in [1.82, 2.24) is 4.98 Å². The average Bonchev–Trinajstić information content (AvgIpc) is 3.34. The van der Waals surface area contributed by atoms with Crippen molar-refractivity contribution in [3.05, 3.63) is 64.0 Å². The van der Waals surface area contributed by atoms with Gasteiger partial charge in [-0.3, -0.25) is 8.98 Å². The Kier molecular flexibility index (Phi) is 6.38. The first kappa shape index (κ1) is 19.7. The Labute approximate surface area is 166 Å². The lowest BCUT2D eigenvalue weighted by molar-refractivity contribution is 0.104. The standard InChI is InChI=1S/C18H18N2O4S3/c1-13-6-2-3-7-14(13)17(21)15-12-20-18(26-15)19-9-5-10-24-27(22,23)16-8-4-11-25-16/h2-4,6-8,11-12H,5,9-10H2,1H3,(H,19,20). The van der Waals surface area contributed by atoms with E-state index in [2.05, 4.69) is 10.3 Å². The molecule has 0 aliphatic carbocycles. The molecule has 1 N–H and O–H groups in total. The van der Waals surface area contributed by atoms with Gasteiger partial charge in [0, 0.05) is 12.1 Å². The van der Waals surface area contributed by atoms with E-state index in [9.17, 15) is 13.2 Å². The van der Waals surface area contributed by atoms with Crippen molar-refractivity contribution >= 4 is 43.7 Å². The van der Waals surface area contributed by atoms with E-state index in [1.807, 2.05) is 25.1 Å². The van der Waals surface area contributed by atoms with E-state index in [1.165, 1.54) is 17.4 Å². The third kappa shape index (κ3) is 5.01. The third-order valence-corrected chi connectivity index (χ3v) is 7.32. The zero-order chi connectivity index (χ0) is 19.3. The number of rotatable bonds is 9. The highest BCUT2D eigenvalue weighted by molar-refractivity contribution is 7.89. The van der Waals surface area contributed by atoms with E-state index < -0.39 is 10.1 Å². The lowest BCUT2D eigenvalue weighted by Crippen LogP contribution is -2.10. The van der Waals surface area contributed by atoms with Gasteiger partial charge in [0.1, 0.15) is 4.21 Å². The maximum atomic E-state index is 12.5. The molecule has 1 aromatic carbocycles. The van der Waals surface area contributed by atoms with Gasteiger partial charge >= 0.3 is 10.1 Å². The Hall–Kier alpha value is -2.07. The zero-order valence-corrected chi connectivity index (χ0v) is 17.0. The number of thiazole rings is 1. The van der Waals surface area contributed by atoms with Crippen LogP contribution in [0.4, 0.5) is 5.13 Å². The number of ketones is 1. The van der Waals surface area contributed by atoms with Gasteiger partial charge in [0.2, 0.25) is 5.78 Å². The fourth-order valence-corrected chi connectivity index (χ4v) is 5.05. The van der Waals surface area contributed by atoms with Crippen molar-refractivity contribution in [1.29, 1.82) is 0 Å². The van der Waals surface area contributed by atoms with Crippen LogP contribution in [-0.4, -0.2) is 32.3 Å². The lowest BCUT2D eigenvalue weighted by atomic mass is 10.0. The summed E-state index contributed by atoms with van der Waals surface area (Å²) in [7, 11) is -3.67. The molecule has 0 bridgehead atoms. The van der Waals surface area contributed by atoms with Crippen LogP contribution in [0.5, 0.6) is 0 Å². The molecule has 0 aliphatic heterocycles. The molecule has 0 radical (unpaired) electrons. The van der Waals surface area contributed by atoms with E-state index in [-0.39, 0.29) is 16.6 Å². The van der Waals surface area contributed by atoms with E-state index >= 15 is 0 Å². The first-order chi connectivity index (χ1) is 13.0. The molecular formula is C18H18N2O4S3. The van der Waals surface area contributed by atoms with Crippen LogP contribution in [0, 0.1) is 6.92 Å². The van der Waals surface area contributed by atoms with Gasteiger partial charge in [-0.05, 0) is 30.4 Å². The fraction of sp³-hybridized carbons (Fsp3) is 0.222. The van der Waals surface area contributed by atoms with Crippen molar-refractivity contribution in [3.8, 4) is 0 Å². The average molecular weight is 423 g/mol. The summed E-state index contributed by atoms with van der Waals surface area (Å²) in [5, 5.41) is 5.40. The molecule has 6 nitrogen and oxygen atoms in total. The molecule has 3 aromatic rings. The molecule has 0 amide bonds. The van der Waals surface area contributed by atoms with Crippen molar-refractivity contribution in [3.63, 3.8) is 0 Å². The largest absolute Gasteiger partial charge is 0.361 e. The van der Waals surface area contributed by atoms with E-state index in [0.29, 0.717) is 28.5 Å². The first-order valence-corrected chi connectivity index (χ1v) is 11.3. The van der Waals surface area contributed by atoms with Crippen LogP contribution >= 0.6 is 22.7 Å². The van der Waals surface area contributed by atoms with Crippen LogP contribution in [0.15, 0.2) is 52.2 Å². The summed E-state index contributed by atoms with van der Waals surface area (Å²) in [4.78, 5) is 17.3. The molecule has 0 fully saturated rings. The monoisotopic (exact) mass is 422 g/mol. The maximum Gasteiger partial charge on any atom is 0.306 e. The molecule has 2 heterocycles. The van der Waals surface area contributed by atoms with Crippen LogP contribution < -0.4 is 5.32 Å². The Morgan fingerprint density at radius 2 is 2.04 bits per heavy atom. The van der Waals surface area contributed by atoms with Crippen LogP contribution in [0.25, 0.3) is 0 Å². The summed E-state index contributed by atoms with van der Waals surface area (Å²) in [5.41, 5.74) is 1.59. The number of aryl methyl sites for hydroxylation is 1. The maximum absolute atomic E-state index is 12.5. The summed E-state index contributed by atoms with van der Waals surface area (Å²) in [5.74, 6) is -0.0518. The van der Waals surface area contributed by atoms with Crippen LogP contribution in [0.1, 0.15) is 27.2 Å². The zero-order valence-electron chi connectivity index (χ0n) is 14.5. The quantitative estimate of drug-likeness (QED) is 0.319. The molecule has 27 heavy (non-hydrogen) atoms. The smallest absolute Gasteiger partial charge is 0.306 e. The minimum Gasteiger partial charge on any atom is -0.361 e. The van der Waals surface area contributed by atoms with Crippen LogP contribution in [0.3, 0.4) is 0 Å². The topological polar surface area (TPSA) is 85.4 Å². The van der Waals surface area contributed by atoms with Gasteiger partial charge < -0.3 is 5.32 Å². The molecule has 0 saturated carbocycles. The molecular weight excluding hydrogens is 404 g/mol. The predicted octanol–water partition coefficient (Wildman–Crippen LogP) is 3.95. The van der Waals surface area contributed by atoms with E-state index in [0.717, 1.165) is 16.9 Å². The highest BCUT2D eigenvalue weighted by Crippen LogP contribution is 2.23. The molecule has 3 rings (SSSR count). The van der Waals surface area contributed by atoms with Crippen LogP contribution in [-0.2, 0) is 14.3 Å². The summed E-state index contributed by atoms with van der Waals surface area (Å²) >= 11 is 2.40. The fourth-order valence-electron chi connectivity index (χ4n) is 2.32. The molecule has 0 atom stereocenters. The van der Waals surface area contributed by atoms with E-state index in [1.54, 1.807) is 23.7 Å². The Morgan fingerprint density at radius 3 is 2.78 bits per heavy atom. The summed E-state index contributed by atoms with van der Waals surface area (Å²) < 4.78 is 29.0. The summed E-state index contributed by atoms with van der Waals surface area (Å²) in [6.07, 6.45) is 2.05. The van der Waals surface area contributed by atoms with Crippen molar-refractivity contribution in [2.24, 2.45) is 0 Å². The number of thiophene rings is 1. The second-order valence-corrected chi connectivity index (χ2v) is 9.48. The molecule has 142 valence electrons. The Bertz CT molecular complexity index is 1010. The highest BCUT2D eigenvalue weighted by Gasteiger charge is 2.16. The number of carbonyl (C=O) groups excluding carboxylic acids is 1. The summed E-state index contributed by atoms with van der Waals surface area (Å²) in [6, 6.07) is 10.6. The van der Waals surface area contributed by atoms with Gasteiger partial charge in [0.25, 0.3) is 0 Å². The number of nitrogens with one attached hydrogen (secondary N) is 1. The summed E-state index contributed by atoms with van der Waals surface area (Å²) in [6.45, 7) is 2.47. The number of nitrogens with zero attached hydrogens (tertiary/aromatic N) is 1. The number of benzene rings is 1. The van der Waals surface area contributed by atoms with Crippen molar-refractivity contribution < 1.29 is 17.4 Å². The Balaban J connectivity index is 1.48. The normalized spacial score (nSPS) is 11.4. The number of anilines is 1. The molecule has 0 aliphatic rings. The molecule has 0 saturated heterocycles. The van der Waals surface area contributed by atoms with Gasteiger partial charge in [0.15, 0.2) is 5.13 Å². The van der Waals surface area contributed by atoms with Gasteiger partial charge in [-0.25, -0.2) is 4.98 Å². The number of carbonyl (C=O) groups is 1. The van der Waals surface area contributed by atoms with Gasteiger partial charge in [-0.1, -0.05) is 41.7 Å². The minimum absolute atomic E-state index is 0.0518. The molecule has 0 unspecified atom stereocenters. The van der Waals surface area contributed by atoms with Crippen LogP contribution in [0.2, 0.25) is 0 Å². The van der Waals surface area contributed by atoms with E-state index in [4.69, 9.17) is 4.18 Å². The molecule has 2 aromatic heterocycles. The Morgan fingerprint density at radius 1 is 1.22 bits per heavy atom. The lowest BCUT2D eigenvalue weighted by Gasteiger charge is -2.04. The van der Waals surface area contributed by atoms with Crippen molar-refractivity contribution in [2.45, 2.75) is 17.6 Å². The second kappa shape index (κ2) is 8.75. The van der Waals surface area contributed by atoms with Gasteiger partial charge in [-0.2, -0.15) is 8.42 Å². The molecule has 9 heteroatoms. The minimum atomic E-state index is -3.67. The number of aromatic nitrogens is 1. The third-order valence-electron chi connectivity index (χ3n) is 3.70. The first-order valence-electron chi connectivity index (χ1n) is 8.20. The molecule has 0 spiro atoms. The second-order valence-electron chi connectivity index (χ2n) is 5.66. The van der Waals surface area contributed by atoms with Crippen molar-refractivity contribution in [2.75, 3.05) is 18.5 Å². The van der Waals surface area contributed by atoms with Gasteiger partial charge in [0.05, 0.1) is 17.7 Å². The SMILES string of the molecule is Cc1ccccc1C(=O)c1cnc(NCCCOS(=O)(=O)c2cccs2)s1. The number of hydrogen-bond acceptors (Lipinski definition) is 8.